The van der Waals surface area contributed by atoms with E-state index in [0.717, 1.165) is 29.7 Å². The maximum atomic E-state index is 13.1. The van der Waals surface area contributed by atoms with E-state index in [9.17, 15) is 19.5 Å². The van der Waals surface area contributed by atoms with Crippen LogP contribution in [0.3, 0.4) is 0 Å². The van der Waals surface area contributed by atoms with Gasteiger partial charge in [0, 0.05) is 4.88 Å². The van der Waals surface area contributed by atoms with Gasteiger partial charge in [0.2, 0.25) is 5.91 Å². The molecule has 7 heteroatoms. The number of hydrogen-bond acceptors (Lipinski definition) is 4. The number of fused-ring (bicyclic) bond motifs is 3. The number of allylic oxidation sites excluding steroid dienone is 2. The first-order valence-corrected chi connectivity index (χ1v) is 11.1. The summed E-state index contributed by atoms with van der Waals surface area (Å²) < 4.78 is 0. The van der Waals surface area contributed by atoms with Gasteiger partial charge in [-0.1, -0.05) is 32.9 Å². The van der Waals surface area contributed by atoms with Crippen molar-refractivity contribution in [3.63, 3.8) is 0 Å². The second kappa shape index (κ2) is 6.97. The smallest absolute Gasteiger partial charge is 0.307 e. The van der Waals surface area contributed by atoms with Crippen LogP contribution in [0.2, 0.25) is 0 Å². The molecule has 3 aliphatic rings. The predicted octanol–water partition coefficient (Wildman–Crippen LogP) is 3.46. The lowest BCUT2D eigenvalue weighted by Crippen LogP contribution is -2.36. The Labute approximate surface area is 174 Å². The van der Waals surface area contributed by atoms with E-state index >= 15 is 0 Å². The highest BCUT2D eigenvalue weighted by atomic mass is 32.1. The standard InChI is InChI=1S/C22H28N2O4S/c1-22(2,3)12-6-7-13-14(9-12)29-20(17(13)18(23)25)24-19(26)15-10-4-5-11(8-10)16(15)21(27)28/h4-5,10-12,15-16H,6-9H2,1-3H3,(H2,23,25)(H,24,26)(H,27,28). The number of rotatable bonds is 4. The van der Waals surface area contributed by atoms with Crippen LogP contribution >= 0.6 is 11.3 Å². The quantitative estimate of drug-likeness (QED) is 0.653. The first-order chi connectivity index (χ1) is 13.6. The molecule has 0 radical (unpaired) electrons. The number of carbonyl (C=O) groups is 3. The van der Waals surface area contributed by atoms with Gasteiger partial charge in [0.1, 0.15) is 5.00 Å². The second-order valence-corrected chi connectivity index (χ2v) is 10.8. The minimum absolute atomic E-state index is 0.0574. The van der Waals surface area contributed by atoms with Crippen molar-refractivity contribution >= 4 is 34.1 Å². The first-order valence-electron chi connectivity index (χ1n) is 10.2. The van der Waals surface area contributed by atoms with Crippen LogP contribution in [0.4, 0.5) is 5.00 Å². The van der Waals surface area contributed by atoms with E-state index in [-0.39, 0.29) is 23.2 Å². The van der Waals surface area contributed by atoms with Crippen molar-refractivity contribution in [3.05, 3.63) is 28.2 Å². The van der Waals surface area contributed by atoms with Crippen LogP contribution in [-0.2, 0) is 22.4 Å². The monoisotopic (exact) mass is 416 g/mol. The number of hydrogen-bond donors (Lipinski definition) is 3. The third-order valence-electron chi connectivity index (χ3n) is 7.02. The van der Waals surface area contributed by atoms with Gasteiger partial charge < -0.3 is 16.2 Å². The van der Waals surface area contributed by atoms with E-state index in [1.165, 1.54) is 11.3 Å². The molecule has 3 aliphatic carbocycles. The van der Waals surface area contributed by atoms with Crippen LogP contribution in [0.1, 0.15) is 54.4 Å². The fourth-order valence-corrected chi connectivity index (χ4v) is 6.72. The van der Waals surface area contributed by atoms with Crippen LogP contribution in [-0.4, -0.2) is 22.9 Å². The molecule has 156 valence electrons. The Morgan fingerprint density at radius 2 is 1.83 bits per heavy atom. The van der Waals surface area contributed by atoms with Crippen molar-refractivity contribution in [2.75, 3.05) is 5.32 Å². The van der Waals surface area contributed by atoms with Gasteiger partial charge >= 0.3 is 5.97 Å². The Balaban J connectivity index is 1.62. The Hall–Kier alpha value is -2.15. The highest BCUT2D eigenvalue weighted by Gasteiger charge is 2.51. The number of carbonyl (C=O) groups excluding carboxylic acids is 2. The zero-order chi connectivity index (χ0) is 21.1. The van der Waals surface area contributed by atoms with Crippen LogP contribution in [0.5, 0.6) is 0 Å². The van der Waals surface area contributed by atoms with E-state index in [1.54, 1.807) is 0 Å². The van der Waals surface area contributed by atoms with Gasteiger partial charge in [-0.3, -0.25) is 14.4 Å². The number of carboxylic acid groups (broad SMARTS) is 1. The molecule has 1 fully saturated rings. The molecular formula is C22H28N2O4S. The number of amides is 2. The highest BCUT2D eigenvalue weighted by Crippen LogP contribution is 2.49. The van der Waals surface area contributed by atoms with E-state index < -0.39 is 23.7 Å². The van der Waals surface area contributed by atoms with Gasteiger partial charge in [0.15, 0.2) is 0 Å². The fourth-order valence-electron chi connectivity index (χ4n) is 5.39. The van der Waals surface area contributed by atoms with Crippen molar-refractivity contribution in [1.29, 1.82) is 0 Å². The summed E-state index contributed by atoms with van der Waals surface area (Å²) in [6, 6.07) is 0. The largest absolute Gasteiger partial charge is 0.481 e. The second-order valence-electron chi connectivity index (χ2n) is 9.71. The van der Waals surface area contributed by atoms with Gasteiger partial charge in [-0.25, -0.2) is 0 Å². The Morgan fingerprint density at radius 1 is 1.17 bits per heavy atom. The number of aliphatic carboxylic acids is 1. The summed E-state index contributed by atoms with van der Waals surface area (Å²) in [4.78, 5) is 38.1. The Bertz CT molecular complexity index is 911. The summed E-state index contributed by atoms with van der Waals surface area (Å²) in [6.45, 7) is 6.67. The number of nitrogens with two attached hydrogens (primary N) is 1. The van der Waals surface area contributed by atoms with E-state index in [4.69, 9.17) is 5.73 Å². The van der Waals surface area contributed by atoms with Crippen molar-refractivity contribution < 1.29 is 19.5 Å². The van der Waals surface area contributed by atoms with Gasteiger partial charge in [-0.15, -0.1) is 11.3 Å². The number of anilines is 1. The molecule has 1 aromatic heterocycles. The van der Waals surface area contributed by atoms with Gasteiger partial charge in [-0.2, -0.15) is 0 Å². The van der Waals surface area contributed by atoms with Crippen LogP contribution < -0.4 is 11.1 Å². The predicted molar refractivity (Wildman–Crippen MR) is 112 cm³/mol. The minimum Gasteiger partial charge on any atom is -0.481 e. The molecule has 0 aliphatic heterocycles. The molecule has 4 rings (SSSR count). The number of thiophene rings is 1. The molecule has 0 saturated heterocycles. The summed E-state index contributed by atoms with van der Waals surface area (Å²) in [6.07, 6.45) is 7.20. The molecule has 5 atom stereocenters. The summed E-state index contributed by atoms with van der Waals surface area (Å²) in [7, 11) is 0. The molecule has 29 heavy (non-hydrogen) atoms. The zero-order valence-electron chi connectivity index (χ0n) is 17.0. The fraction of sp³-hybridized carbons (Fsp3) is 0.591. The maximum absolute atomic E-state index is 13.1. The Morgan fingerprint density at radius 3 is 2.41 bits per heavy atom. The van der Waals surface area contributed by atoms with E-state index in [1.807, 2.05) is 12.2 Å². The molecule has 5 unspecified atom stereocenters. The average molecular weight is 417 g/mol. The maximum Gasteiger partial charge on any atom is 0.307 e. The average Bonchev–Trinajstić information content (AvgIpc) is 3.31. The summed E-state index contributed by atoms with van der Waals surface area (Å²) in [5.41, 5.74) is 7.22. The number of carboxylic acids is 1. The topological polar surface area (TPSA) is 109 Å². The van der Waals surface area contributed by atoms with Gasteiger partial charge in [0.05, 0.1) is 17.4 Å². The van der Waals surface area contributed by atoms with Crippen molar-refractivity contribution in [3.8, 4) is 0 Å². The summed E-state index contributed by atoms with van der Waals surface area (Å²) in [5.74, 6) is -2.74. The SMILES string of the molecule is CC(C)(C)C1CCc2c(sc(NC(=O)C3C4C=CC(C4)C3C(=O)O)c2C(N)=O)C1. The van der Waals surface area contributed by atoms with Gasteiger partial charge in [-0.05, 0) is 54.4 Å². The molecule has 4 N–H and O–H groups in total. The molecule has 2 amide bonds. The molecule has 0 aromatic carbocycles. The number of nitrogens with one attached hydrogen (secondary N) is 1. The van der Waals surface area contributed by atoms with Gasteiger partial charge in [0.25, 0.3) is 5.91 Å². The molecule has 1 saturated carbocycles. The minimum atomic E-state index is -0.935. The molecule has 1 heterocycles. The first kappa shape index (κ1) is 20.1. The third-order valence-corrected chi connectivity index (χ3v) is 8.19. The normalized spacial score (nSPS) is 30.2. The molecule has 0 spiro atoms. The molecular weight excluding hydrogens is 388 g/mol. The van der Waals surface area contributed by atoms with E-state index in [2.05, 4.69) is 26.1 Å². The Kier molecular flexibility index (Phi) is 4.84. The third kappa shape index (κ3) is 3.39. The molecule has 2 bridgehead atoms. The highest BCUT2D eigenvalue weighted by molar-refractivity contribution is 7.17. The summed E-state index contributed by atoms with van der Waals surface area (Å²) in [5, 5.41) is 13.0. The number of primary amides is 1. The molecule has 6 nitrogen and oxygen atoms in total. The lowest BCUT2D eigenvalue weighted by atomic mass is 9.72. The van der Waals surface area contributed by atoms with Crippen molar-refractivity contribution in [1.82, 2.24) is 0 Å². The van der Waals surface area contributed by atoms with Crippen LogP contribution in [0.25, 0.3) is 0 Å². The summed E-state index contributed by atoms with van der Waals surface area (Å²) >= 11 is 1.43. The lowest BCUT2D eigenvalue weighted by Gasteiger charge is -2.33. The lowest BCUT2D eigenvalue weighted by molar-refractivity contribution is -0.146. The van der Waals surface area contributed by atoms with Crippen LogP contribution in [0, 0.1) is 35.0 Å². The van der Waals surface area contributed by atoms with Crippen LogP contribution in [0.15, 0.2) is 12.2 Å². The van der Waals surface area contributed by atoms with Crippen molar-refractivity contribution in [2.24, 2.45) is 40.7 Å². The van der Waals surface area contributed by atoms with E-state index in [0.29, 0.717) is 22.9 Å². The zero-order valence-corrected chi connectivity index (χ0v) is 17.8. The molecule has 1 aromatic rings. The van der Waals surface area contributed by atoms with Crippen molar-refractivity contribution in [2.45, 2.75) is 46.5 Å².